The number of nitrogens with one attached hydrogen (secondary N) is 1. The molecule has 0 fully saturated rings. The van der Waals surface area contributed by atoms with E-state index in [-0.39, 0.29) is 12.4 Å². The molecule has 1 aliphatic rings. The highest BCUT2D eigenvalue weighted by atomic mass is 16.7. The van der Waals surface area contributed by atoms with Crippen molar-refractivity contribution in [3.8, 4) is 11.5 Å². The van der Waals surface area contributed by atoms with Crippen molar-refractivity contribution < 1.29 is 19.4 Å². The number of rotatable bonds is 4. The zero-order valence-electron chi connectivity index (χ0n) is 10.6. The van der Waals surface area contributed by atoms with Crippen LogP contribution in [0.3, 0.4) is 0 Å². The summed E-state index contributed by atoms with van der Waals surface area (Å²) in [4.78, 5) is 10.8. The normalized spacial score (nSPS) is 12.2. The molecule has 5 heteroatoms. The summed E-state index contributed by atoms with van der Waals surface area (Å²) in [5, 5.41) is 12.1. The van der Waals surface area contributed by atoms with Crippen molar-refractivity contribution in [3.63, 3.8) is 0 Å². The number of carboxylic acids is 1. The van der Waals surface area contributed by atoms with Crippen molar-refractivity contribution in [2.24, 2.45) is 0 Å². The predicted molar refractivity (Wildman–Crippen MR) is 73.3 cm³/mol. The van der Waals surface area contributed by atoms with Crippen molar-refractivity contribution in [3.05, 3.63) is 53.6 Å². The summed E-state index contributed by atoms with van der Waals surface area (Å²) in [7, 11) is 0. The van der Waals surface area contributed by atoms with E-state index in [9.17, 15) is 4.79 Å². The molecular weight excluding hydrogens is 258 g/mol. The Morgan fingerprint density at radius 3 is 2.70 bits per heavy atom. The van der Waals surface area contributed by atoms with E-state index < -0.39 is 5.97 Å². The Bertz CT molecular complexity index is 637. The van der Waals surface area contributed by atoms with Gasteiger partial charge in [-0.3, -0.25) is 0 Å². The third-order valence-electron chi connectivity index (χ3n) is 3.09. The molecule has 0 amide bonds. The van der Waals surface area contributed by atoms with Gasteiger partial charge in [-0.05, 0) is 30.3 Å². The first kappa shape index (κ1) is 12.3. The second kappa shape index (κ2) is 5.13. The van der Waals surface area contributed by atoms with Crippen LogP contribution < -0.4 is 14.8 Å². The lowest BCUT2D eigenvalue weighted by molar-refractivity contribution is 0.0697. The van der Waals surface area contributed by atoms with Gasteiger partial charge >= 0.3 is 5.97 Å². The van der Waals surface area contributed by atoms with Crippen LogP contribution in [-0.2, 0) is 6.54 Å². The summed E-state index contributed by atoms with van der Waals surface area (Å²) in [6.07, 6.45) is 0. The molecule has 1 heterocycles. The van der Waals surface area contributed by atoms with Crippen LogP contribution in [0.2, 0.25) is 0 Å². The summed E-state index contributed by atoms with van der Waals surface area (Å²) in [5.41, 5.74) is 2.13. The molecule has 0 aromatic heterocycles. The number of hydrogen-bond donors (Lipinski definition) is 2. The van der Waals surface area contributed by atoms with Crippen LogP contribution in [0.15, 0.2) is 42.5 Å². The lowest BCUT2D eigenvalue weighted by Gasteiger charge is -2.09. The van der Waals surface area contributed by atoms with Crippen LogP contribution in [0.5, 0.6) is 11.5 Å². The molecule has 0 bridgehead atoms. The fourth-order valence-electron chi connectivity index (χ4n) is 2.06. The summed E-state index contributed by atoms with van der Waals surface area (Å²) in [6.45, 7) is 0.832. The van der Waals surface area contributed by atoms with E-state index in [0.717, 1.165) is 22.7 Å². The topological polar surface area (TPSA) is 67.8 Å². The molecule has 1 aliphatic heterocycles. The van der Waals surface area contributed by atoms with Gasteiger partial charge in [-0.15, -0.1) is 0 Å². The lowest BCUT2D eigenvalue weighted by Crippen LogP contribution is -2.02. The third-order valence-corrected chi connectivity index (χ3v) is 3.09. The molecule has 0 atom stereocenters. The van der Waals surface area contributed by atoms with Crippen LogP contribution in [0.4, 0.5) is 5.69 Å². The monoisotopic (exact) mass is 271 g/mol. The minimum atomic E-state index is -0.928. The van der Waals surface area contributed by atoms with Gasteiger partial charge in [-0.2, -0.15) is 0 Å². The van der Waals surface area contributed by atoms with Crippen molar-refractivity contribution in [1.29, 1.82) is 0 Å². The first-order chi connectivity index (χ1) is 9.74. The number of hydrogen-bond acceptors (Lipinski definition) is 4. The molecule has 2 N–H and O–H groups in total. The highest BCUT2D eigenvalue weighted by Gasteiger charge is 2.16. The summed E-state index contributed by atoms with van der Waals surface area (Å²) >= 11 is 0. The Morgan fingerprint density at radius 1 is 1.15 bits per heavy atom. The van der Waals surface area contributed by atoms with E-state index in [1.54, 1.807) is 24.3 Å². The predicted octanol–water partition coefficient (Wildman–Crippen LogP) is 2.73. The van der Waals surface area contributed by atoms with Crippen LogP contribution >= 0.6 is 0 Å². The zero-order chi connectivity index (χ0) is 13.9. The number of anilines is 1. The maximum atomic E-state index is 10.8. The molecule has 2 aromatic carbocycles. The summed E-state index contributed by atoms with van der Waals surface area (Å²) < 4.78 is 10.7. The maximum Gasteiger partial charge on any atom is 0.335 e. The number of ether oxygens (including phenoxy) is 2. The first-order valence-corrected chi connectivity index (χ1v) is 6.19. The highest BCUT2D eigenvalue weighted by Crippen LogP contribution is 2.35. The van der Waals surface area contributed by atoms with Crippen LogP contribution in [0.1, 0.15) is 15.9 Å². The van der Waals surface area contributed by atoms with Gasteiger partial charge in [0.25, 0.3) is 0 Å². The fourth-order valence-corrected chi connectivity index (χ4v) is 2.06. The van der Waals surface area contributed by atoms with Gasteiger partial charge in [0.15, 0.2) is 11.5 Å². The molecule has 0 saturated heterocycles. The molecular formula is C15H13NO4. The molecule has 0 spiro atoms. The lowest BCUT2D eigenvalue weighted by atomic mass is 10.1. The van der Waals surface area contributed by atoms with E-state index in [2.05, 4.69) is 5.32 Å². The number of fused-ring (bicyclic) bond motifs is 1. The third kappa shape index (κ3) is 2.38. The van der Waals surface area contributed by atoms with Gasteiger partial charge in [0, 0.05) is 17.8 Å². The van der Waals surface area contributed by atoms with Gasteiger partial charge < -0.3 is 19.9 Å². The molecule has 0 unspecified atom stereocenters. The largest absolute Gasteiger partial charge is 0.478 e. The summed E-state index contributed by atoms with van der Waals surface area (Å²) in [5.74, 6) is 0.593. The Hall–Kier alpha value is -2.69. The summed E-state index contributed by atoms with van der Waals surface area (Å²) in [6, 6.07) is 12.4. The highest BCUT2D eigenvalue weighted by molar-refractivity contribution is 5.88. The quantitative estimate of drug-likeness (QED) is 0.895. The standard InChI is InChI=1S/C15H13NO4/c17-15(18)10-4-6-12(7-5-10)16-8-11-2-1-3-13-14(11)20-9-19-13/h1-7,16H,8-9H2,(H,17,18). The van der Waals surface area contributed by atoms with E-state index in [0.29, 0.717) is 6.54 Å². The van der Waals surface area contributed by atoms with E-state index in [1.807, 2.05) is 18.2 Å². The SMILES string of the molecule is O=C(O)c1ccc(NCc2cccc3c2OCO3)cc1. The molecule has 20 heavy (non-hydrogen) atoms. The second-order valence-corrected chi connectivity index (χ2v) is 4.39. The van der Waals surface area contributed by atoms with E-state index >= 15 is 0 Å². The van der Waals surface area contributed by atoms with E-state index in [4.69, 9.17) is 14.6 Å². The smallest absolute Gasteiger partial charge is 0.335 e. The Balaban J connectivity index is 1.71. The first-order valence-electron chi connectivity index (χ1n) is 6.19. The van der Waals surface area contributed by atoms with Crippen LogP contribution in [-0.4, -0.2) is 17.9 Å². The number of benzene rings is 2. The van der Waals surface area contributed by atoms with Crippen LogP contribution in [0, 0.1) is 0 Å². The molecule has 0 saturated carbocycles. The molecule has 3 rings (SSSR count). The number of carboxylic acid groups (broad SMARTS) is 1. The Morgan fingerprint density at radius 2 is 1.95 bits per heavy atom. The number of para-hydroxylation sites is 1. The molecule has 2 aromatic rings. The Kier molecular flexibility index (Phi) is 3.16. The molecule has 102 valence electrons. The van der Waals surface area contributed by atoms with Gasteiger partial charge in [-0.25, -0.2) is 4.79 Å². The number of aromatic carboxylic acids is 1. The van der Waals surface area contributed by atoms with Crippen molar-refractivity contribution >= 4 is 11.7 Å². The van der Waals surface area contributed by atoms with Crippen molar-refractivity contribution in [2.45, 2.75) is 6.54 Å². The minimum absolute atomic E-state index is 0.250. The van der Waals surface area contributed by atoms with Crippen LogP contribution in [0.25, 0.3) is 0 Å². The van der Waals surface area contributed by atoms with E-state index in [1.165, 1.54) is 0 Å². The average Bonchev–Trinajstić information content (AvgIpc) is 2.94. The molecule has 5 nitrogen and oxygen atoms in total. The fraction of sp³-hybridized carbons (Fsp3) is 0.133. The Labute approximate surface area is 115 Å². The zero-order valence-corrected chi connectivity index (χ0v) is 10.6. The minimum Gasteiger partial charge on any atom is -0.478 e. The molecule has 0 aliphatic carbocycles. The van der Waals surface area contributed by atoms with Gasteiger partial charge in [0.05, 0.1) is 5.56 Å². The van der Waals surface area contributed by atoms with Gasteiger partial charge in [-0.1, -0.05) is 12.1 Å². The van der Waals surface area contributed by atoms with Crippen molar-refractivity contribution in [1.82, 2.24) is 0 Å². The van der Waals surface area contributed by atoms with Gasteiger partial charge in [0.1, 0.15) is 0 Å². The second-order valence-electron chi connectivity index (χ2n) is 4.39. The molecule has 0 radical (unpaired) electrons. The van der Waals surface area contributed by atoms with Crippen molar-refractivity contribution in [2.75, 3.05) is 12.1 Å². The maximum absolute atomic E-state index is 10.8. The van der Waals surface area contributed by atoms with Gasteiger partial charge in [0.2, 0.25) is 6.79 Å². The number of carbonyl (C=O) groups is 1. The average molecular weight is 271 g/mol.